The Morgan fingerprint density at radius 3 is 1.01 bits per heavy atom. The molecular formula is C69H131NO5. The van der Waals surface area contributed by atoms with Crippen molar-refractivity contribution in [2.24, 2.45) is 0 Å². The van der Waals surface area contributed by atoms with E-state index in [0.29, 0.717) is 19.4 Å². The van der Waals surface area contributed by atoms with Gasteiger partial charge in [-0.15, -0.1) is 0 Å². The zero-order valence-corrected chi connectivity index (χ0v) is 50.5. The summed E-state index contributed by atoms with van der Waals surface area (Å²) in [5.74, 6) is -0.0514. The van der Waals surface area contributed by atoms with E-state index in [0.717, 1.165) is 44.9 Å². The maximum atomic E-state index is 12.4. The van der Waals surface area contributed by atoms with Crippen molar-refractivity contribution >= 4 is 11.9 Å². The third-order valence-electron chi connectivity index (χ3n) is 15.7. The van der Waals surface area contributed by atoms with Gasteiger partial charge >= 0.3 is 5.97 Å². The summed E-state index contributed by atoms with van der Waals surface area (Å²) in [4.78, 5) is 24.5. The summed E-state index contributed by atoms with van der Waals surface area (Å²) >= 11 is 0. The van der Waals surface area contributed by atoms with Crippen LogP contribution < -0.4 is 5.32 Å². The van der Waals surface area contributed by atoms with Crippen molar-refractivity contribution in [1.29, 1.82) is 0 Å². The van der Waals surface area contributed by atoms with Crippen LogP contribution in [0.4, 0.5) is 0 Å². The van der Waals surface area contributed by atoms with Gasteiger partial charge in [-0.2, -0.15) is 0 Å². The molecular weight excluding hydrogens is 923 g/mol. The van der Waals surface area contributed by atoms with Gasteiger partial charge in [0.05, 0.1) is 25.4 Å². The molecule has 0 aliphatic carbocycles. The van der Waals surface area contributed by atoms with Gasteiger partial charge in [0, 0.05) is 12.8 Å². The molecule has 0 aromatic rings. The Morgan fingerprint density at radius 2 is 0.667 bits per heavy atom. The molecule has 0 radical (unpaired) electrons. The highest BCUT2D eigenvalue weighted by Gasteiger charge is 2.18. The van der Waals surface area contributed by atoms with Crippen molar-refractivity contribution < 1.29 is 24.5 Å². The van der Waals surface area contributed by atoms with Crippen LogP contribution in [-0.4, -0.2) is 47.4 Å². The number of carbonyl (C=O) groups excluding carboxylic acids is 2. The Morgan fingerprint density at radius 1 is 0.373 bits per heavy atom. The summed E-state index contributed by atoms with van der Waals surface area (Å²) in [6.45, 7) is 4.91. The van der Waals surface area contributed by atoms with Crippen molar-refractivity contribution in [2.75, 3.05) is 13.2 Å². The van der Waals surface area contributed by atoms with Crippen LogP contribution in [0.1, 0.15) is 367 Å². The summed E-state index contributed by atoms with van der Waals surface area (Å²) in [6, 6.07) is -0.626. The van der Waals surface area contributed by atoms with Crippen LogP contribution in [0.15, 0.2) is 36.5 Å². The normalized spacial score (nSPS) is 12.7. The molecule has 0 saturated carbocycles. The van der Waals surface area contributed by atoms with Crippen molar-refractivity contribution in [1.82, 2.24) is 5.32 Å². The molecule has 1 amide bonds. The second kappa shape index (κ2) is 64.6. The lowest BCUT2D eigenvalue weighted by molar-refractivity contribution is -0.143. The second-order valence-corrected chi connectivity index (χ2v) is 23.2. The number of hydrogen-bond acceptors (Lipinski definition) is 5. The number of allylic oxidation sites excluding steroid dienone is 5. The molecule has 0 aliphatic heterocycles. The molecule has 0 bridgehead atoms. The SMILES string of the molecule is CCCCCCCCCC/C=C/C(O)C(CO)NC(=O)CCCCCCCCCCCCCCCCC/C=C\C/C=C\CCCCCCCCCCCOC(=O)CCCCCCCCCCCCCCCCCCC. The molecule has 0 saturated heterocycles. The van der Waals surface area contributed by atoms with E-state index in [4.69, 9.17) is 4.74 Å². The van der Waals surface area contributed by atoms with Gasteiger partial charge in [-0.05, 0) is 64.2 Å². The number of carbonyl (C=O) groups is 2. The average molecular weight is 1050 g/mol. The Balaban J connectivity index is 3.37. The molecule has 0 aromatic heterocycles. The molecule has 2 atom stereocenters. The Hall–Kier alpha value is -1.92. The Kier molecular flexibility index (Phi) is 63.0. The van der Waals surface area contributed by atoms with Crippen molar-refractivity contribution in [2.45, 2.75) is 379 Å². The zero-order chi connectivity index (χ0) is 54.3. The van der Waals surface area contributed by atoms with E-state index in [2.05, 4.69) is 43.5 Å². The predicted molar refractivity (Wildman–Crippen MR) is 329 cm³/mol. The van der Waals surface area contributed by atoms with Crippen molar-refractivity contribution in [3.63, 3.8) is 0 Å². The van der Waals surface area contributed by atoms with E-state index in [1.165, 1.54) is 295 Å². The van der Waals surface area contributed by atoms with Crippen LogP contribution in [0.5, 0.6) is 0 Å². The van der Waals surface area contributed by atoms with Gasteiger partial charge in [0.2, 0.25) is 5.91 Å². The molecule has 442 valence electrons. The van der Waals surface area contributed by atoms with E-state index < -0.39 is 12.1 Å². The van der Waals surface area contributed by atoms with Crippen molar-refractivity contribution in [3.8, 4) is 0 Å². The number of amides is 1. The average Bonchev–Trinajstić information content (AvgIpc) is 3.41. The topological polar surface area (TPSA) is 95.9 Å². The van der Waals surface area contributed by atoms with Gasteiger partial charge in [0.25, 0.3) is 0 Å². The van der Waals surface area contributed by atoms with Gasteiger partial charge in [0.1, 0.15) is 0 Å². The number of nitrogens with one attached hydrogen (secondary N) is 1. The van der Waals surface area contributed by atoms with E-state index in [-0.39, 0.29) is 18.5 Å². The van der Waals surface area contributed by atoms with Gasteiger partial charge < -0.3 is 20.3 Å². The Bertz CT molecular complexity index is 1210. The number of hydrogen-bond donors (Lipinski definition) is 3. The van der Waals surface area contributed by atoms with E-state index >= 15 is 0 Å². The first-order valence-corrected chi connectivity index (χ1v) is 33.8. The van der Waals surface area contributed by atoms with Crippen LogP contribution >= 0.6 is 0 Å². The third-order valence-corrected chi connectivity index (χ3v) is 15.7. The fourth-order valence-electron chi connectivity index (χ4n) is 10.5. The van der Waals surface area contributed by atoms with E-state index in [9.17, 15) is 19.8 Å². The number of ether oxygens (including phenoxy) is 1. The molecule has 0 spiro atoms. The summed E-state index contributed by atoms with van der Waals surface area (Å²) < 4.78 is 5.50. The minimum absolute atomic E-state index is 0.0170. The minimum atomic E-state index is -0.842. The Labute approximate surface area is 468 Å². The van der Waals surface area contributed by atoms with Gasteiger partial charge in [-0.1, -0.05) is 326 Å². The standard InChI is InChI=1S/C69H131NO5/c1-3-5-7-9-11-13-15-16-17-33-37-40-43-47-51-55-59-63-69(74)75-64-60-56-52-48-44-41-38-35-32-30-28-26-24-22-20-18-19-21-23-25-27-29-31-34-36-39-42-46-50-54-58-62-68(73)70-66(65-71)67(72)61-57-53-49-45-14-12-10-8-6-4-2/h20,22,26,28,57,61,66-67,71-72H,3-19,21,23-25,27,29-56,58-60,62-65H2,1-2H3,(H,70,73)/b22-20-,28-26-,61-57+. The van der Waals surface area contributed by atoms with Crippen LogP contribution in [0, 0.1) is 0 Å². The summed E-state index contributed by atoms with van der Waals surface area (Å²) in [6.07, 6.45) is 82.3. The highest BCUT2D eigenvalue weighted by Crippen LogP contribution is 2.18. The predicted octanol–water partition coefficient (Wildman–Crippen LogP) is 21.5. The first-order valence-electron chi connectivity index (χ1n) is 33.8. The number of rotatable bonds is 63. The lowest BCUT2D eigenvalue weighted by Gasteiger charge is -2.20. The molecule has 0 heterocycles. The molecule has 3 N–H and O–H groups in total. The highest BCUT2D eigenvalue weighted by molar-refractivity contribution is 5.76. The number of aliphatic hydroxyl groups is 2. The van der Waals surface area contributed by atoms with Gasteiger partial charge in [0.15, 0.2) is 0 Å². The molecule has 0 aliphatic rings. The van der Waals surface area contributed by atoms with Crippen molar-refractivity contribution in [3.05, 3.63) is 36.5 Å². The fraction of sp³-hybridized carbons (Fsp3) is 0.884. The zero-order valence-electron chi connectivity index (χ0n) is 50.5. The van der Waals surface area contributed by atoms with Crippen LogP contribution in [0.25, 0.3) is 0 Å². The number of aliphatic hydroxyl groups excluding tert-OH is 2. The fourth-order valence-corrected chi connectivity index (χ4v) is 10.5. The first-order chi connectivity index (χ1) is 37.0. The van der Waals surface area contributed by atoms with Gasteiger partial charge in [-0.3, -0.25) is 9.59 Å². The van der Waals surface area contributed by atoms with Crippen LogP contribution in [-0.2, 0) is 14.3 Å². The van der Waals surface area contributed by atoms with E-state index in [1.54, 1.807) is 6.08 Å². The quantitative estimate of drug-likeness (QED) is 0.0320. The van der Waals surface area contributed by atoms with Crippen LogP contribution in [0.3, 0.4) is 0 Å². The lowest BCUT2D eigenvalue weighted by atomic mass is 10.0. The van der Waals surface area contributed by atoms with E-state index in [1.807, 2.05) is 6.08 Å². The maximum Gasteiger partial charge on any atom is 0.305 e. The molecule has 0 rings (SSSR count). The summed E-state index contributed by atoms with van der Waals surface area (Å²) in [5, 5.41) is 23.0. The minimum Gasteiger partial charge on any atom is -0.466 e. The molecule has 0 fully saturated rings. The largest absolute Gasteiger partial charge is 0.466 e. The smallest absolute Gasteiger partial charge is 0.305 e. The molecule has 6 nitrogen and oxygen atoms in total. The summed E-state index contributed by atoms with van der Waals surface area (Å²) in [5.41, 5.74) is 0. The summed E-state index contributed by atoms with van der Waals surface area (Å²) in [7, 11) is 0. The van der Waals surface area contributed by atoms with Crippen LogP contribution in [0.2, 0.25) is 0 Å². The molecule has 6 heteroatoms. The highest BCUT2D eigenvalue weighted by atomic mass is 16.5. The van der Waals surface area contributed by atoms with Gasteiger partial charge in [-0.25, -0.2) is 0 Å². The third kappa shape index (κ3) is 61.2. The molecule has 0 aromatic carbocycles. The lowest BCUT2D eigenvalue weighted by Crippen LogP contribution is -2.45. The number of esters is 1. The first kappa shape index (κ1) is 73.1. The molecule has 75 heavy (non-hydrogen) atoms. The molecule has 2 unspecified atom stereocenters. The second-order valence-electron chi connectivity index (χ2n) is 23.2. The maximum absolute atomic E-state index is 12.4. The number of unbranched alkanes of at least 4 members (excludes halogenated alkanes) is 48. The monoisotopic (exact) mass is 1050 g/mol.